The first-order chi connectivity index (χ1) is 17.1. The third kappa shape index (κ3) is 3.93. The molecule has 0 saturated heterocycles. The number of aryl methyl sites for hydroxylation is 1. The van der Waals surface area contributed by atoms with Crippen LogP contribution in [0, 0.1) is 5.92 Å². The monoisotopic (exact) mass is 461 g/mol. The summed E-state index contributed by atoms with van der Waals surface area (Å²) in [5, 5.41) is 1.20. The van der Waals surface area contributed by atoms with Gasteiger partial charge in [0.1, 0.15) is 17.6 Å². The Kier molecular flexibility index (Phi) is 5.25. The number of hydrogen-bond donors (Lipinski definition) is 0. The van der Waals surface area contributed by atoms with E-state index in [1.54, 1.807) is 13.2 Å². The van der Waals surface area contributed by atoms with Crippen molar-refractivity contribution in [2.24, 2.45) is 13.0 Å². The van der Waals surface area contributed by atoms with Crippen molar-refractivity contribution in [2.75, 3.05) is 7.11 Å². The van der Waals surface area contributed by atoms with Crippen LogP contribution in [0.2, 0.25) is 0 Å². The third-order valence-electron chi connectivity index (χ3n) is 6.88. The molecule has 1 aliphatic carbocycles. The van der Waals surface area contributed by atoms with Crippen molar-refractivity contribution >= 4 is 40.4 Å². The van der Waals surface area contributed by atoms with Crippen molar-refractivity contribution in [2.45, 2.75) is 19.4 Å². The Hall–Kier alpha value is -4.12. The molecule has 0 unspecified atom stereocenters. The molecule has 2 heterocycles. The molecule has 0 bridgehead atoms. The van der Waals surface area contributed by atoms with Crippen molar-refractivity contribution in [3.63, 3.8) is 0 Å². The smallest absolute Gasteiger partial charge is 0.157 e. The Morgan fingerprint density at radius 2 is 1.77 bits per heavy atom. The molecule has 1 aliphatic rings. The largest absolute Gasteiger partial charge is 0.494 e. The number of aromatic nitrogens is 3. The van der Waals surface area contributed by atoms with E-state index >= 15 is 0 Å². The number of benzene rings is 3. The van der Waals surface area contributed by atoms with Gasteiger partial charge in [0.25, 0.3) is 0 Å². The lowest BCUT2D eigenvalue weighted by molar-refractivity contribution is 0.112. The lowest BCUT2D eigenvalue weighted by Crippen LogP contribution is -2.05. The van der Waals surface area contributed by atoms with Crippen molar-refractivity contribution in [3.8, 4) is 17.3 Å². The van der Waals surface area contributed by atoms with E-state index in [1.165, 1.54) is 34.9 Å². The highest BCUT2D eigenvalue weighted by Crippen LogP contribution is 2.38. The van der Waals surface area contributed by atoms with E-state index in [0.29, 0.717) is 17.2 Å². The van der Waals surface area contributed by atoms with Gasteiger partial charge in [-0.25, -0.2) is 4.98 Å². The third-order valence-corrected chi connectivity index (χ3v) is 6.88. The van der Waals surface area contributed by atoms with Crippen LogP contribution in [0.5, 0.6) is 5.75 Å². The Bertz CT molecular complexity index is 1590. The lowest BCUT2D eigenvalue weighted by Gasteiger charge is -2.11. The predicted molar refractivity (Wildman–Crippen MR) is 142 cm³/mol. The van der Waals surface area contributed by atoms with Crippen LogP contribution in [0.15, 0.2) is 66.7 Å². The van der Waals surface area contributed by atoms with Gasteiger partial charge in [0, 0.05) is 30.1 Å². The maximum Gasteiger partial charge on any atom is 0.157 e. The molecule has 0 atom stereocenters. The Labute approximate surface area is 204 Å². The summed E-state index contributed by atoms with van der Waals surface area (Å²) in [6, 6.07) is 22.8. The molecule has 0 aliphatic heterocycles. The van der Waals surface area contributed by atoms with Gasteiger partial charge in [0.05, 0.1) is 18.3 Å². The number of carbonyl (C=O) groups is 1. The van der Waals surface area contributed by atoms with Crippen LogP contribution < -0.4 is 4.74 Å². The van der Waals surface area contributed by atoms with E-state index in [0.717, 1.165) is 35.4 Å². The molecule has 6 rings (SSSR count). The summed E-state index contributed by atoms with van der Waals surface area (Å²) in [5.74, 6) is 2.24. The SMILES string of the molecule is COc1cc(C=O)cc2nc(-c3cc4ccc(/C=C/c5ccccc5)cc4n3CC3CC3)n(C)c12. The van der Waals surface area contributed by atoms with Crippen LogP contribution in [-0.4, -0.2) is 27.5 Å². The first kappa shape index (κ1) is 21.4. The quantitative estimate of drug-likeness (QED) is 0.203. The van der Waals surface area contributed by atoms with E-state index < -0.39 is 0 Å². The molecule has 174 valence electrons. The zero-order valence-electron chi connectivity index (χ0n) is 19.9. The van der Waals surface area contributed by atoms with Gasteiger partial charge < -0.3 is 13.9 Å². The van der Waals surface area contributed by atoms with Crippen molar-refractivity contribution in [3.05, 3.63) is 83.4 Å². The van der Waals surface area contributed by atoms with E-state index in [-0.39, 0.29) is 0 Å². The summed E-state index contributed by atoms with van der Waals surface area (Å²) < 4.78 is 10.1. The number of imidazole rings is 1. The van der Waals surface area contributed by atoms with Gasteiger partial charge in [-0.05, 0) is 54.2 Å². The summed E-state index contributed by atoms with van der Waals surface area (Å²) in [4.78, 5) is 16.4. The number of hydrogen-bond acceptors (Lipinski definition) is 3. The minimum Gasteiger partial charge on any atom is -0.494 e. The van der Waals surface area contributed by atoms with Crippen LogP contribution in [0.25, 0.3) is 45.6 Å². The van der Waals surface area contributed by atoms with Gasteiger partial charge in [0.2, 0.25) is 0 Å². The summed E-state index contributed by atoms with van der Waals surface area (Å²) in [5.41, 5.74) is 6.88. The molecular formula is C30H27N3O2. The second kappa shape index (κ2) is 8.58. The molecule has 0 amide bonds. The second-order valence-electron chi connectivity index (χ2n) is 9.35. The van der Waals surface area contributed by atoms with E-state index in [9.17, 15) is 4.79 Å². The summed E-state index contributed by atoms with van der Waals surface area (Å²) in [6.45, 7) is 0.977. The number of fused-ring (bicyclic) bond motifs is 2. The molecule has 3 aromatic carbocycles. The fourth-order valence-electron chi connectivity index (χ4n) is 4.86. The summed E-state index contributed by atoms with van der Waals surface area (Å²) >= 11 is 0. The zero-order valence-corrected chi connectivity index (χ0v) is 19.9. The average Bonchev–Trinajstić information content (AvgIpc) is 3.57. The summed E-state index contributed by atoms with van der Waals surface area (Å²) in [6.07, 6.45) is 7.70. The van der Waals surface area contributed by atoms with Crippen LogP contribution in [-0.2, 0) is 13.6 Å². The molecule has 0 spiro atoms. The molecule has 2 aromatic heterocycles. The number of aldehydes is 1. The van der Waals surface area contributed by atoms with Gasteiger partial charge in [-0.1, -0.05) is 54.6 Å². The molecule has 1 saturated carbocycles. The Balaban J connectivity index is 1.50. The molecule has 0 radical (unpaired) electrons. The molecule has 5 heteroatoms. The van der Waals surface area contributed by atoms with Crippen LogP contribution in [0.4, 0.5) is 0 Å². The number of rotatable bonds is 7. The van der Waals surface area contributed by atoms with Crippen molar-refractivity contribution < 1.29 is 9.53 Å². The van der Waals surface area contributed by atoms with E-state index in [1.807, 2.05) is 19.2 Å². The van der Waals surface area contributed by atoms with Gasteiger partial charge in [-0.2, -0.15) is 0 Å². The molecule has 1 fully saturated rings. The fraction of sp³-hybridized carbons (Fsp3) is 0.200. The van der Waals surface area contributed by atoms with Crippen molar-refractivity contribution in [1.82, 2.24) is 14.1 Å². The van der Waals surface area contributed by atoms with Crippen LogP contribution in [0.1, 0.15) is 34.3 Å². The number of methoxy groups -OCH3 is 1. The molecule has 0 N–H and O–H groups in total. The Morgan fingerprint density at radius 1 is 0.971 bits per heavy atom. The standard InChI is InChI=1S/C30H27N3O2/c1-32-29-25(14-23(19-34)16-28(29)35-2)31-30(32)27-17-24-13-12-21(9-8-20-6-4-3-5-7-20)15-26(24)33(27)18-22-10-11-22/h3-9,12-17,19,22H,10-11,18H2,1-2H3/b9-8+. The minimum absolute atomic E-state index is 0.562. The van der Waals surface area contributed by atoms with Gasteiger partial charge >= 0.3 is 0 Å². The second-order valence-corrected chi connectivity index (χ2v) is 9.35. The van der Waals surface area contributed by atoms with Crippen LogP contribution in [0.3, 0.4) is 0 Å². The molecule has 35 heavy (non-hydrogen) atoms. The number of nitrogens with zero attached hydrogens (tertiary/aromatic N) is 3. The highest BCUT2D eigenvalue weighted by Gasteiger charge is 2.26. The summed E-state index contributed by atoms with van der Waals surface area (Å²) in [7, 11) is 3.64. The van der Waals surface area contributed by atoms with Gasteiger partial charge in [-0.3, -0.25) is 4.79 Å². The van der Waals surface area contributed by atoms with Gasteiger partial charge in [0.15, 0.2) is 5.82 Å². The molecule has 5 nitrogen and oxygen atoms in total. The first-order valence-electron chi connectivity index (χ1n) is 12.0. The molecular weight excluding hydrogens is 434 g/mol. The maximum atomic E-state index is 11.5. The van der Waals surface area contributed by atoms with E-state index in [2.05, 4.69) is 69.8 Å². The normalized spacial score (nSPS) is 13.8. The highest BCUT2D eigenvalue weighted by atomic mass is 16.5. The molecule has 5 aromatic rings. The number of ether oxygens (including phenoxy) is 1. The Morgan fingerprint density at radius 3 is 2.51 bits per heavy atom. The predicted octanol–water partition coefficient (Wildman–Crippen LogP) is 6.60. The highest BCUT2D eigenvalue weighted by molar-refractivity contribution is 5.94. The lowest BCUT2D eigenvalue weighted by atomic mass is 10.1. The first-order valence-corrected chi connectivity index (χ1v) is 12.0. The van der Waals surface area contributed by atoms with E-state index in [4.69, 9.17) is 9.72 Å². The average molecular weight is 462 g/mol. The van der Waals surface area contributed by atoms with Gasteiger partial charge in [-0.15, -0.1) is 0 Å². The maximum absolute atomic E-state index is 11.5. The minimum atomic E-state index is 0.562. The number of carbonyl (C=O) groups excluding carboxylic acids is 1. The fourth-order valence-corrected chi connectivity index (χ4v) is 4.86. The zero-order chi connectivity index (χ0) is 23.9. The van der Waals surface area contributed by atoms with Crippen LogP contribution >= 0.6 is 0 Å². The topological polar surface area (TPSA) is 49.0 Å². The van der Waals surface area contributed by atoms with Crippen molar-refractivity contribution in [1.29, 1.82) is 0 Å².